The van der Waals surface area contributed by atoms with Crippen molar-refractivity contribution >= 4 is 27.3 Å². The molecule has 0 bridgehead atoms. The molecule has 106 valence electrons. The molecule has 0 N–H and O–H groups in total. The van der Waals surface area contributed by atoms with E-state index >= 15 is 0 Å². The van der Waals surface area contributed by atoms with Gasteiger partial charge in [0, 0.05) is 28.8 Å². The molecule has 0 heterocycles. The fraction of sp³-hybridized carbons (Fsp3) is 0.294. The van der Waals surface area contributed by atoms with E-state index in [9.17, 15) is 4.39 Å². The number of nitrogens with zero attached hydrogens (tertiary/aromatic N) is 1. The van der Waals surface area contributed by atoms with Gasteiger partial charge in [0.15, 0.2) is 0 Å². The van der Waals surface area contributed by atoms with E-state index in [4.69, 9.17) is 0 Å². The van der Waals surface area contributed by atoms with Gasteiger partial charge in [-0.05, 0) is 30.7 Å². The van der Waals surface area contributed by atoms with Crippen LogP contribution < -0.4 is 4.90 Å². The Morgan fingerprint density at radius 2 is 1.80 bits per heavy atom. The lowest BCUT2D eigenvalue weighted by atomic mass is 10.1. The normalized spacial score (nSPS) is 10.6. The number of para-hydroxylation sites is 1. The molecule has 0 amide bonds. The molecular formula is C17H19BrFN. The van der Waals surface area contributed by atoms with E-state index in [-0.39, 0.29) is 5.82 Å². The van der Waals surface area contributed by atoms with Gasteiger partial charge < -0.3 is 4.90 Å². The molecule has 20 heavy (non-hydrogen) atoms. The van der Waals surface area contributed by atoms with Gasteiger partial charge in [-0.1, -0.05) is 53.5 Å². The third-order valence-corrected chi connectivity index (χ3v) is 3.88. The quantitative estimate of drug-likeness (QED) is 0.615. The Bertz CT molecular complexity index is 542. The van der Waals surface area contributed by atoms with Gasteiger partial charge in [-0.2, -0.15) is 0 Å². The van der Waals surface area contributed by atoms with Crippen LogP contribution >= 0.6 is 15.9 Å². The first-order valence-corrected chi connectivity index (χ1v) is 8.06. The van der Waals surface area contributed by atoms with Crippen molar-refractivity contribution in [2.75, 3.05) is 11.4 Å². The molecule has 0 unspecified atom stereocenters. The smallest absolute Gasteiger partial charge is 0.129 e. The zero-order chi connectivity index (χ0) is 14.4. The van der Waals surface area contributed by atoms with Gasteiger partial charge in [-0.3, -0.25) is 0 Å². The molecule has 0 aliphatic rings. The van der Waals surface area contributed by atoms with Crippen LogP contribution in [0.25, 0.3) is 0 Å². The Labute approximate surface area is 128 Å². The Kier molecular flexibility index (Phi) is 5.60. The second-order valence-corrected chi connectivity index (χ2v) is 5.27. The number of rotatable bonds is 6. The minimum absolute atomic E-state index is 0.156. The molecule has 2 aromatic carbocycles. The van der Waals surface area contributed by atoms with Gasteiger partial charge in [0.1, 0.15) is 5.82 Å². The summed E-state index contributed by atoms with van der Waals surface area (Å²) in [6.07, 6.45) is 2.19. The van der Waals surface area contributed by atoms with Crippen LogP contribution in [0, 0.1) is 5.82 Å². The molecule has 1 nitrogen and oxygen atoms in total. The first kappa shape index (κ1) is 15.0. The highest BCUT2D eigenvalue weighted by Gasteiger charge is 2.15. The number of hydrogen-bond acceptors (Lipinski definition) is 1. The molecule has 0 atom stereocenters. The maximum Gasteiger partial charge on any atom is 0.129 e. The lowest BCUT2D eigenvalue weighted by molar-refractivity contribution is 0.617. The molecule has 0 fully saturated rings. The predicted molar refractivity (Wildman–Crippen MR) is 87.4 cm³/mol. The summed E-state index contributed by atoms with van der Waals surface area (Å²) >= 11 is 3.40. The third kappa shape index (κ3) is 3.40. The van der Waals surface area contributed by atoms with Crippen molar-refractivity contribution in [1.29, 1.82) is 0 Å². The summed E-state index contributed by atoms with van der Waals surface area (Å²) in [5.74, 6) is -0.156. The predicted octanol–water partition coefficient (Wildman–Crippen LogP) is 5.66. The van der Waals surface area contributed by atoms with Crippen LogP contribution in [0.3, 0.4) is 0 Å². The minimum atomic E-state index is -0.156. The zero-order valence-electron chi connectivity index (χ0n) is 11.7. The Morgan fingerprint density at radius 3 is 2.45 bits per heavy atom. The third-order valence-electron chi connectivity index (χ3n) is 3.32. The molecule has 2 aromatic rings. The van der Waals surface area contributed by atoms with Crippen molar-refractivity contribution in [2.24, 2.45) is 0 Å². The fourth-order valence-corrected chi connectivity index (χ4v) is 2.80. The largest absolute Gasteiger partial charge is 0.341 e. The zero-order valence-corrected chi connectivity index (χ0v) is 13.2. The van der Waals surface area contributed by atoms with Crippen molar-refractivity contribution < 1.29 is 4.39 Å². The summed E-state index contributed by atoms with van der Waals surface area (Å²) in [7, 11) is 0. The molecule has 0 aliphatic heterocycles. The van der Waals surface area contributed by atoms with E-state index in [1.54, 1.807) is 6.07 Å². The monoisotopic (exact) mass is 335 g/mol. The van der Waals surface area contributed by atoms with E-state index < -0.39 is 0 Å². The highest BCUT2D eigenvalue weighted by Crippen LogP contribution is 2.31. The maximum absolute atomic E-state index is 14.0. The van der Waals surface area contributed by atoms with Crippen molar-refractivity contribution in [1.82, 2.24) is 0 Å². The van der Waals surface area contributed by atoms with Crippen LogP contribution in [0.4, 0.5) is 15.8 Å². The second-order valence-electron chi connectivity index (χ2n) is 4.71. The summed E-state index contributed by atoms with van der Waals surface area (Å²) in [6.45, 7) is 3.06. The van der Waals surface area contributed by atoms with Crippen molar-refractivity contribution in [3.63, 3.8) is 0 Å². The van der Waals surface area contributed by atoms with E-state index in [0.717, 1.165) is 30.8 Å². The van der Waals surface area contributed by atoms with Crippen LogP contribution in [-0.2, 0) is 5.33 Å². The summed E-state index contributed by atoms with van der Waals surface area (Å²) < 4.78 is 14.0. The van der Waals surface area contributed by atoms with Crippen molar-refractivity contribution in [2.45, 2.75) is 25.1 Å². The molecular weight excluding hydrogens is 317 g/mol. The molecule has 0 spiro atoms. The Morgan fingerprint density at radius 1 is 1.05 bits per heavy atom. The van der Waals surface area contributed by atoms with Crippen LogP contribution in [0.15, 0.2) is 48.5 Å². The molecule has 0 saturated carbocycles. The van der Waals surface area contributed by atoms with E-state index in [1.807, 2.05) is 24.3 Å². The molecule has 3 heteroatoms. The topological polar surface area (TPSA) is 3.24 Å². The van der Waals surface area contributed by atoms with Gasteiger partial charge in [-0.15, -0.1) is 0 Å². The highest BCUT2D eigenvalue weighted by atomic mass is 79.9. The molecule has 0 aromatic heterocycles. The van der Waals surface area contributed by atoms with Crippen molar-refractivity contribution in [3.8, 4) is 0 Å². The lowest BCUT2D eigenvalue weighted by Crippen LogP contribution is -2.20. The number of anilines is 2. The first-order valence-electron chi connectivity index (χ1n) is 6.94. The van der Waals surface area contributed by atoms with E-state index in [1.165, 1.54) is 6.07 Å². The average Bonchev–Trinajstić information content (AvgIpc) is 2.49. The van der Waals surface area contributed by atoms with Crippen LogP contribution in [0.2, 0.25) is 0 Å². The number of halogens is 2. The minimum Gasteiger partial charge on any atom is -0.341 e. The van der Waals surface area contributed by atoms with Gasteiger partial charge in [0.05, 0.1) is 0 Å². The molecule has 0 saturated heterocycles. The summed E-state index contributed by atoms with van der Waals surface area (Å²) in [6, 6.07) is 15.4. The summed E-state index contributed by atoms with van der Waals surface area (Å²) in [5, 5.41) is 0.518. The molecule has 0 radical (unpaired) electrons. The van der Waals surface area contributed by atoms with Crippen molar-refractivity contribution in [3.05, 3.63) is 59.9 Å². The van der Waals surface area contributed by atoms with Crippen LogP contribution in [0.5, 0.6) is 0 Å². The van der Waals surface area contributed by atoms with Crippen LogP contribution in [0.1, 0.15) is 25.3 Å². The summed E-state index contributed by atoms with van der Waals surface area (Å²) in [4.78, 5) is 2.20. The standard InChI is InChI=1S/C17H19BrFN/c1-2-3-12-20(14-8-5-4-6-9-14)17-11-7-10-16(19)15(17)13-18/h4-11H,2-3,12-13H2,1H3. The van der Waals surface area contributed by atoms with Gasteiger partial charge >= 0.3 is 0 Å². The number of hydrogen-bond donors (Lipinski definition) is 0. The maximum atomic E-state index is 14.0. The lowest BCUT2D eigenvalue weighted by Gasteiger charge is -2.27. The molecule has 0 aliphatic carbocycles. The number of alkyl halides is 1. The van der Waals surface area contributed by atoms with Gasteiger partial charge in [-0.25, -0.2) is 4.39 Å². The summed E-state index contributed by atoms with van der Waals surface area (Å²) in [5.41, 5.74) is 2.77. The highest BCUT2D eigenvalue weighted by molar-refractivity contribution is 9.08. The molecule has 2 rings (SSSR count). The second kappa shape index (κ2) is 7.44. The number of benzene rings is 2. The fourth-order valence-electron chi connectivity index (χ4n) is 2.25. The van der Waals surface area contributed by atoms with E-state index in [0.29, 0.717) is 10.9 Å². The Balaban J connectivity index is 2.44. The van der Waals surface area contributed by atoms with Crippen LogP contribution in [-0.4, -0.2) is 6.54 Å². The first-order chi connectivity index (χ1) is 9.77. The SMILES string of the molecule is CCCCN(c1ccccc1)c1cccc(F)c1CBr. The number of unbranched alkanes of at least 4 members (excludes halogenated alkanes) is 1. The average molecular weight is 336 g/mol. The Hall–Kier alpha value is -1.35. The van der Waals surface area contributed by atoms with E-state index in [2.05, 4.69) is 39.9 Å². The van der Waals surface area contributed by atoms with Gasteiger partial charge in [0.25, 0.3) is 0 Å². The van der Waals surface area contributed by atoms with Gasteiger partial charge in [0.2, 0.25) is 0 Å².